The van der Waals surface area contributed by atoms with E-state index in [1.807, 2.05) is 23.9 Å². The molecule has 2 aliphatic rings. The van der Waals surface area contributed by atoms with Crippen LogP contribution >= 0.6 is 0 Å². The molecule has 0 aliphatic carbocycles. The van der Waals surface area contributed by atoms with Crippen molar-refractivity contribution in [2.75, 3.05) is 58.4 Å². The number of anilines is 1. The van der Waals surface area contributed by atoms with Gasteiger partial charge in [-0.25, -0.2) is 9.97 Å². The summed E-state index contributed by atoms with van der Waals surface area (Å²) in [6, 6.07) is 0. The summed E-state index contributed by atoms with van der Waals surface area (Å²) in [6.45, 7) is 3.81. The number of nitrogens with zero attached hydrogens (tertiary/aromatic N) is 5. The van der Waals surface area contributed by atoms with Gasteiger partial charge in [0.15, 0.2) is 0 Å². The van der Waals surface area contributed by atoms with Crippen LogP contribution in [0.2, 0.25) is 0 Å². The number of amides is 2. The molecule has 0 aromatic carbocycles. The first kappa shape index (κ1) is 19.3. The number of likely N-dealkylation sites (tertiary alicyclic amines) is 1. The van der Waals surface area contributed by atoms with Gasteiger partial charge in [-0.1, -0.05) is 0 Å². The van der Waals surface area contributed by atoms with Crippen LogP contribution in [0.25, 0.3) is 6.08 Å². The maximum absolute atomic E-state index is 12.6. The molecule has 0 unspecified atom stereocenters. The lowest BCUT2D eigenvalue weighted by molar-refractivity contribution is -0.142. The first-order chi connectivity index (χ1) is 13.0. The van der Waals surface area contributed by atoms with Crippen molar-refractivity contribution in [3.05, 3.63) is 24.0 Å². The lowest BCUT2D eigenvalue weighted by Gasteiger charge is -2.35. The molecule has 1 aromatic rings. The van der Waals surface area contributed by atoms with Crippen LogP contribution in [0.1, 0.15) is 18.4 Å². The van der Waals surface area contributed by atoms with Crippen LogP contribution < -0.4 is 4.90 Å². The van der Waals surface area contributed by atoms with Crippen LogP contribution in [0.4, 0.5) is 5.95 Å². The number of carbonyl (C=O) groups is 2. The molecule has 8 heteroatoms. The van der Waals surface area contributed by atoms with Crippen molar-refractivity contribution in [3.63, 3.8) is 0 Å². The van der Waals surface area contributed by atoms with Crippen molar-refractivity contribution >= 4 is 23.8 Å². The summed E-state index contributed by atoms with van der Waals surface area (Å²) >= 11 is 0. The van der Waals surface area contributed by atoms with Gasteiger partial charge in [0.25, 0.3) is 0 Å². The summed E-state index contributed by atoms with van der Waals surface area (Å²) in [4.78, 5) is 38.9. The van der Waals surface area contributed by atoms with Crippen LogP contribution in [0.5, 0.6) is 0 Å². The highest BCUT2D eigenvalue weighted by atomic mass is 16.5. The fourth-order valence-corrected chi connectivity index (χ4v) is 3.31. The van der Waals surface area contributed by atoms with Crippen LogP contribution in [0.3, 0.4) is 0 Å². The lowest BCUT2D eigenvalue weighted by atomic mass is 9.95. The van der Waals surface area contributed by atoms with Gasteiger partial charge in [0.2, 0.25) is 17.8 Å². The van der Waals surface area contributed by atoms with E-state index in [2.05, 4.69) is 9.97 Å². The quantitative estimate of drug-likeness (QED) is 0.721. The predicted octanol–water partition coefficient (Wildman–Crippen LogP) is 0.653. The Morgan fingerprint density at radius 1 is 1.07 bits per heavy atom. The molecule has 2 amide bonds. The van der Waals surface area contributed by atoms with Crippen molar-refractivity contribution < 1.29 is 14.3 Å². The lowest BCUT2D eigenvalue weighted by Crippen LogP contribution is -2.47. The van der Waals surface area contributed by atoms with Gasteiger partial charge in [-0.05, 0) is 18.9 Å². The smallest absolute Gasteiger partial charge is 0.246 e. The van der Waals surface area contributed by atoms with E-state index in [4.69, 9.17) is 4.74 Å². The Balaban J connectivity index is 1.48. The van der Waals surface area contributed by atoms with Gasteiger partial charge in [-0.3, -0.25) is 9.59 Å². The highest BCUT2D eigenvalue weighted by Gasteiger charge is 2.30. The highest BCUT2D eigenvalue weighted by Crippen LogP contribution is 2.20. The SMILES string of the molecule is CN(C)c1ncc(/C=C/C(=O)N2CCC(C(=O)N3CCOCC3)CC2)cn1. The van der Waals surface area contributed by atoms with Gasteiger partial charge in [0, 0.05) is 70.2 Å². The molecule has 146 valence electrons. The van der Waals surface area contributed by atoms with Crippen molar-refractivity contribution in [2.24, 2.45) is 5.92 Å². The minimum Gasteiger partial charge on any atom is -0.378 e. The minimum atomic E-state index is -0.0380. The topological polar surface area (TPSA) is 78.9 Å². The monoisotopic (exact) mass is 373 g/mol. The Morgan fingerprint density at radius 3 is 2.30 bits per heavy atom. The van der Waals surface area contributed by atoms with E-state index >= 15 is 0 Å². The Bertz CT molecular complexity index is 675. The maximum atomic E-state index is 12.6. The molecule has 0 saturated carbocycles. The van der Waals surface area contributed by atoms with Crippen LogP contribution in [0.15, 0.2) is 18.5 Å². The molecule has 8 nitrogen and oxygen atoms in total. The van der Waals surface area contributed by atoms with E-state index < -0.39 is 0 Å². The average molecular weight is 373 g/mol. The molecule has 27 heavy (non-hydrogen) atoms. The summed E-state index contributed by atoms with van der Waals surface area (Å²) in [5.74, 6) is 0.816. The van der Waals surface area contributed by atoms with Crippen molar-refractivity contribution in [2.45, 2.75) is 12.8 Å². The molecule has 0 atom stereocenters. The average Bonchev–Trinajstić information content (AvgIpc) is 2.72. The van der Waals surface area contributed by atoms with Crippen LogP contribution in [-0.2, 0) is 14.3 Å². The number of piperidine rings is 1. The Hall–Kier alpha value is -2.48. The first-order valence-electron chi connectivity index (χ1n) is 9.37. The van der Waals surface area contributed by atoms with Gasteiger partial charge >= 0.3 is 0 Å². The number of carbonyl (C=O) groups excluding carboxylic acids is 2. The summed E-state index contributed by atoms with van der Waals surface area (Å²) < 4.78 is 5.30. The molecule has 2 aliphatic heterocycles. The van der Waals surface area contributed by atoms with E-state index in [9.17, 15) is 9.59 Å². The third-order valence-corrected chi connectivity index (χ3v) is 4.96. The summed E-state index contributed by atoms with van der Waals surface area (Å²) in [5, 5.41) is 0. The molecule has 0 bridgehead atoms. The van der Waals surface area contributed by atoms with Crippen molar-refractivity contribution in [1.29, 1.82) is 0 Å². The minimum absolute atomic E-state index is 0.0168. The molecule has 0 spiro atoms. The zero-order valence-corrected chi connectivity index (χ0v) is 16.0. The van der Waals surface area contributed by atoms with E-state index in [1.54, 1.807) is 29.4 Å². The number of ether oxygens (including phenoxy) is 1. The second kappa shape index (κ2) is 8.94. The molecule has 0 radical (unpaired) electrons. The molecule has 3 heterocycles. The van der Waals surface area contributed by atoms with E-state index in [1.165, 1.54) is 0 Å². The van der Waals surface area contributed by atoms with Crippen molar-refractivity contribution in [1.82, 2.24) is 19.8 Å². The molecule has 3 rings (SSSR count). The zero-order chi connectivity index (χ0) is 19.2. The fourth-order valence-electron chi connectivity index (χ4n) is 3.31. The van der Waals surface area contributed by atoms with Gasteiger partial charge < -0.3 is 19.4 Å². The van der Waals surface area contributed by atoms with Crippen molar-refractivity contribution in [3.8, 4) is 0 Å². The number of rotatable bonds is 4. The largest absolute Gasteiger partial charge is 0.378 e. The summed E-state index contributed by atoms with van der Waals surface area (Å²) in [7, 11) is 3.75. The van der Waals surface area contributed by atoms with Gasteiger partial charge in [-0.15, -0.1) is 0 Å². The zero-order valence-electron chi connectivity index (χ0n) is 16.0. The molecular weight excluding hydrogens is 346 g/mol. The van der Waals surface area contributed by atoms with Gasteiger partial charge in [-0.2, -0.15) is 0 Å². The molecule has 2 fully saturated rings. The number of aromatic nitrogens is 2. The Morgan fingerprint density at radius 2 is 1.70 bits per heavy atom. The number of hydrogen-bond acceptors (Lipinski definition) is 6. The highest BCUT2D eigenvalue weighted by molar-refractivity contribution is 5.92. The van der Waals surface area contributed by atoms with Gasteiger partial charge in [0.1, 0.15) is 0 Å². The first-order valence-corrected chi connectivity index (χ1v) is 9.37. The second-order valence-electron chi connectivity index (χ2n) is 7.08. The molecule has 2 saturated heterocycles. The normalized spacial score (nSPS) is 18.7. The summed E-state index contributed by atoms with van der Waals surface area (Å²) in [6.07, 6.45) is 8.11. The molecule has 1 aromatic heterocycles. The third-order valence-electron chi connectivity index (χ3n) is 4.96. The van der Waals surface area contributed by atoms with Crippen LogP contribution in [0, 0.1) is 5.92 Å². The second-order valence-corrected chi connectivity index (χ2v) is 7.08. The van der Waals surface area contributed by atoms with E-state index in [-0.39, 0.29) is 17.7 Å². The number of hydrogen-bond donors (Lipinski definition) is 0. The van der Waals surface area contributed by atoms with Crippen LogP contribution in [-0.4, -0.2) is 85.1 Å². The Kier molecular flexibility index (Phi) is 6.39. The standard InChI is InChI=1S/C19H27N5O3/c1-22(2)19-20-13-15(14-21-19)3-4-17(25)23-7-5-16(6-8-23)18(26)24-9-11-27-12-10-24/h3-4,13-14,16H,5-12H2,1-2H3/b4-3+. The maximum Gasteiger partial charge on any atom is 0.246 e. The Labute approximate surface area is 159 Å². The summed E-state index contributed by atoms with van der Waals surface area (Å²) in [5.41, 5.74) is 0.784. The number of morpholine rings is 1. The fraction of sp³-hybridized carbons (Fsp3) is 0.579. The van der Waals surface area contributed by atoms with Gasteiger partial charge in [0.05, 0.1) is 13.2 Å². The molecular formula is C19H27N5O3. The van der Waals surface area contributed by atoms with E-state index in [0.717, 1.165) is 18.4 Å². The predicted molar refractivity (Wildman–Crippen MR) is 102 cm³/mol. The third kappa shape index (κ3) is 5.03. The van der Waals surface area contributed by atoms with E-state index in [0.29, 0.717) is 45.3 Å². The molecule has 0 N–H and O–H groups in total.